The molecule has 0 aliphatic carbocycles. The van der Waals surface area contributed by atoms with Crippen LogP contribution in [0.3, 0.4) is 0 Å². The molecule has 0 saturated carbocycles. The maximum atomic E-state index is 5.10. The summed E-state index contributed by atoms with van der Waals surface area (Å²) in [4.78, 5) is 0. The van der Waals surface area contributed by atoms with Crippen molar-refractivity contribution in [3.05, 3.63) is 0 Å². The van der Waals surface area contributed by atoms with Crippen LogP contribution in [-0.2, 0) is 0 Å². The lowest BCUT2D eigenvalue weighted by Crippen LogP contribution is -1.69. The molecular formula is C14H14. The maximum absolute atomic E-state index is 5.10. The molecule has 0 heteroatoms. The van der Waals surface area contributed by atoms with Crippen molar-refractivity contribution in [1.82, 2.24) is 0 Å². The van der Waals surface area contributed by atoms with Gasteiger partial charge < -0.3 is 0 Å². The van der Waals surface area contributed by atoms with E-state index in [1.807, 2.05) is 0 Å². The molecule has 0 radical (unpaired) electrons. The second-order valence-corrected chi connectivity index (χ2v) is 2.72. The Kier molecular flexibility index (Phi) is 9.83. The van der Waals surface area contributed by atoms with Crippen molar-refractivity contribution in [3.8, 4) is 48.4 Å². The predicted octanol–water partition coefficient (Wildman–Crippen LogP) is 2.60. The van der Waals surface area contributed by atoms with Crippen LogP contribution in [0, 0.1) is 48.4 Å². The highest BCUT2D eigenvalue weighted by Crippen LogP contribution is 1.91. The Bertz CT molecular complexity index is 289. The van der Waals surface area contributed by atoms with Crippen molar-refractivity contribution >= 4 is 0 Å². The average molecular weight is 182 g/mol. The Morgan fingerprint density at radius 3 is 1.43 bits per heavy atom. The van der Waals surface area contributed by atoms with Gasteiger partial charge >= 0.3 is 0 Å². The van der Waals surface area contributed by atoms with Crippen LogP contribution >= 0.6 is 0 Å². The van der Waals surface area contributed by atoms with Gasteiger partial charge in [0.25, 0.3) is 0 Å². The molecule has 0 fully saturated rings. The molecule has 0 rings (SSSR count). The molecule has 0 aliphatic rings. The standard InChI is InChI=1S/C14H14/c1-3-5-7-9-11-13-14-12-10-8-6-4-2/h1-2H,5-10H2. The van der Waals surface area contributed by atoms with Gasteiger partial charge in [0.05, 0.1) is 0 Å². The Labute approximate surface area is 87.5 Å². The Morgan fingerprint density at radius 1 is 0.643 bits per heavy atom. The highest BCUT2D eigenvalue weighted by molar-refractivity contribution is 5.25. The van der Waals surface area contributed by atoms with Crippen molar-refractivity contribution < 1.29 is 0 Å². The molecule has 0 heterocycles. The average Bonchev–Trinajstić information content (AvgIpc) is 2.21. The third-order valence-corrected chi connectivity index (χ3v) is 1.49. The summed E-state index contributed by atoms with van der Waals surface area (Å²) in [5, 5.41) is 0. The largest absolute Gasteiger partial charge is 0.120 e. The summed E-state index contributed by atoms with van der Waals surface area (Å²) in [6, 6.07) is 0. The Balaban J connectivity index is 3.40. The molecule has 0 aliphatic heterocycles. The van der Waals surface area contributed by atoms with E-state index in [1.54, 1.807) is 0 Å². The van der Waals surface area contributed by atoms with Gasteiger partial charge in [0.1, 0.15) is 0 Å². The number of terminal acetylenes is 2. The van der Waals surface area contributed by atoms with Crippen molar-refractivity contribution in [2.75, 3.05) is 0 Å². The molecule has 0 unspecified atom stereocenters. The van der Waals surface area contributed by atoms with Gasteiger partial charge in [-0.15, -0.1) is 24.7 Å². The summed E-state index contributed by atoms with van der Waals surface area (Å²) < 4.78 is 0. The zero-order valence-electron chi connectivity index (χ0n) is 8.40. The second-order valence-electron chi connectivity index (χ2n) is 2.72. The molecule has 0 aromatic carbocycles. The summed E-state index contributed by atoms with van der Waals surface area (Å²) in [6.45, 7) is 0. The van der Waals surface area contributed by atoms with Crippen molar-refractivity contribution in [2.24, 2.45) is 0 Å². The minimum Gasteiger partial charge on any atom is -0.120 e. The van der Waals surface area contributed by atoms with Crippen molar-refractivity contribution in [1.29, 1.82) is 0 Å². The van der Waals surface area contributed by atoms with E-state index in [1.165, 1.54) is 0 Å². The van der Waals surface area contributed by atoms with Gasteiger partial charge in [-0.1, -0.05) is 11.8 Å². The number of hydrogen-bond acceptors (Lipinski definition) is 0. The molecule has 0 amide bonds. The van der Waals surface area contributed by atoms with Gasteiger partial charge in [-0.05, 0) is 24.7 Å². The Hall–Kier alpha value is -1.76. The first kappa shape index (κ1) is 12.2. The first-order chi connectivity index (χ1) is 6.91. The summed E-state index contributed by atoms with van der Waals surface area (Å²) in [5.41, 5.74) is 0. The molecule has 0 N–H and O–H groups in total. The van der Waals surface area contributed by atoms with Gasteiger partial charge in [0.15, 0.2) is 0 Å². The highest BCUT2D eigenvalue weighted by Gasteiger charge is 1.78. The molecule has 0 aromatic rings. The molecule has 0 nitrogen and oxygen atoms in total. The van der Waals surface area contributed by atoms with Gasteiger partial charge in [-0.2, -0.15) is 0 Å². The van der Waals surface area contributed by atoms with Gasteiger partial charge in [-0.3, -0.25) is 0 Å². The second kappa shape index (κ2) is 11.2. The van der Waals surface area contributed by atoms with Crippen LogP contribution in [0.25, 0.3) is 0 Å². The van der Waals surface area contributed by atoms with E-state index in [2.05, 4.69) is 35.5 Å². The first-order valence-electron chi connectivity index (χ1n) is 4.74. The third kappa shape index (κ3) is 10.2. The maximum Gasteiger partial charge on any atom is 0.0108 e. The fraction of sp³-hybridized carbons (Fsp3) is 0.429. The summed E-state index contributed by atoms with van der Waals surface area (Å²) in [5.74, 6) is 16.6. The summed E-state index contributed by atoms with van der Waals surface area (Å²) in [7, 11) is 0. The molecule has 0 saturated heterocycles. The first-order valence-corrected chi connectivity index (χ1v) is 4.74. The normalized spacial score (nSPS) is 7.00. The van der Waals surface area contributed by atoms with Crippen molar-refractivity contribution in [3.63, 3.8) is 0 Å². The van der Waals surface area contributed by atoms with Crippen LogP contribution < -0.4 is 0 Å². The fourth-order valence-corrected chi connectivity index (χ4v) is 0.771. The summed E-state index contributed by atoms with van der Waals surface area (Å²) in [6.07, 6.45) is 15.4. The lowest BCUT2D eigenvalue weighted by atomic mass is 10.2. The van der Waals surface area contributed by atoms with Crippen LogP contribution in [0.4, 0.5) is 0 Å². The summed E-state index contributed by atoms with van der Waals surface area (Å²) >= 11 is 0. The smallest absolute Gasteiger partial charge is 0.0108 e. The van der Waals surface area contributed by atoms with Crippen LogP contribution in [0.1, 0.15) is 38.5 Å². The fourth-order valence-electron chi connectivity index (χ4n) is 0.771. The monoisotopic (exact) mass is 182 g/mol. The van der Waals surface area contributed by atoms with E-state index in [0.29, 0.717) is 0 Å². The number of unbranched alkanes of at least 4 members (excludes halogenated alkanes) is 4. The van der Waals surface area contributed by atoms with Gasteiger partial charge in [-0.25, -0.2) is 0 Å². The molecule has 0 aromatic heterocycles. The lowest BCUT2D eigenvalue weighted by molar-refractivity contribution is 0.903. The van der Waals surface area contributed by atoms with Crippen LogP contribution in [0.2, 0.25) is 0 Å². The number of rotatable bonds is 4. The highest BCUT2D eigenvalue weighted by atomic mass is 13.8. The van der Waals surface area contributed by atoms with Crippen molar-refractivity contribution in [2.45, 2.75) is 38.5 Å². The number of hydrogen-bond donors (Lipinski definition) is 0. The lowest BCUT2D eigenvalue weighted by Gasteiger charge is -1.82. The minimum atomic E-state index is 0.796. The van der Waals surface area contributed by atoms with E-state index < -0.39 is 0 Å². The third-order valence-electron chi connectivity index (χ3n) is 1.49. The van der Waals surface area contributed by atoms with Gasteiger partial charge in [0, 0.05) is 25.7 Å². The topological polar surface area (TPSA) is 0 Å². The van der Waals surface area contributed by atoms with Gasteiger partial charge in [0.2, 0.25) is 0 Å². The molecule has 0 bridgehead atoms. The van der Waals surface area contributed by atoms with E-state index in [9.17, 15) is 0 Å². The van der Waals surface area contributed by atoms with E-state index in [0.717, 1.165) is 38.5 Å². The predicted molar refractivity (Wildman–Crippen MR) is 60.9 cm³/mol. The zero-order valence-corrected chi connectivity index (χ0v) is 8.40. The van der Waals surface area contributed by atoms with E-state index in [4.69, 9.17) is 12.8 Å². The quantitative estimate of drug-likeness (QED) is 0.463. The van der Waals surface area contributed by atoms with Crippen LogP contribution in [0.5, 0.6) is 0 Å². The molecule has 0 atom stereocenters. The Morgan fingerprint density at radius 2 is 1.07 bits per heavy atom. The van der Waals surface area contributed by atoms with E-state index >= 15 is 0 Å². The molecular weight excluding hydrogens is 168 g/mol. The molecule has 70 valence electrons. The molecule has 14 heavy (non-hydrogen) atoms. The molecule has 0 spiro atoms. The van der Waals surface area contributed by atoms with Crippen LogP contribution in [-0.4, -0.2) is 0 Å². The SMILES string of the molecule is C#CCCCC#CC#CCCCC#C. The zero-order chi connectivity index (χ0) is 10.5. The minimum absolute atomic E-state index is 0.796. The van der Waals surface area contributed by atoms with E-state index in [-0.39, 0.29) is 0 Å². The van der Waals surface area contributed by atoms with Crippen LogP contribution in [0.15, 0.2) is 0 Å².